The normalized spacial score (nSPS) is 10.1. The summed E-state index contributed by atoms with van der Waals surface area (Å²) in [6, 6.07) is 6.56. The van der Waals surface area contributed by atoms with Gasteiger partial charge in [-0.05, 0) is 18.2 Å². The minimum absolute atomic E-state index is 0.340. The fraction of sp³-hybridized carbons (Fsp3) is 0. The number of hydrogen-bond donors (Lipinski definition) is 2. The van der Waals surface area contributed by atoms with Gasteiger partial charge in [0.05, 0.1) is 15.7 Å². The summed E-state index contributed by atoms with van der Waals surface area (Å²) in [6.07, 6.45) is 1.49. The summed E-state index contributed by atoms with van der Waals surface area (Å²) in [7, 11) is 0. The number of halogens is 2. The second kappa shape index (κ2) is 4.55. The van der Waals surface area contributed by atoms with Crippen LogP contribution in [-0.4, -0.2) is 16.1 Å². The summed E-state index contributed by atoms with van der Waals surface area (Å²) in [4.78, 5) is 11.7. The Labute approximate surface area is 102 Å². The zero-order chi connectivity index (χ0) is 11.5. The molecule has 0 radical (unpaired) electrons. The highest BCUT2D eigenvalue weighted by Crippen LogP contribution is 2.29. The van der Waals surface area contributed by atoms with Crippen LogP contribution in [0.3, 0.4) is 0 Å². The third-order valence-electron chi connectivity index (χ3n) is 1.95. The molecule has 0 aliphatic rings. The molecule has 0 fully saturated rings. The van der Waals surface area contributed by atoms with Gasteiger partial charge in [0.1, 0.15) is 5.69 Å². The fourth-order valence-electron chi connectivity index (χ4n) is 1.18. The van der Waals surface area contributed by atoms with E-state index in [1.54, 1.807) is 24.3 Å². The predicted molar refractivity (Wildman–Crippen MR) is 63.0 cm³/mol. The molecule has 4 nitrogen and oxygen atoms in total. The monoisotopic (exact) mass is 255 g/mol. The van der Waals surface area contributed by atoms with Crippen LogP contribution in [0.15, 0.2) is 30.5 Å². The van der Waals surface area contributed by atoms with E-state index >= 15 is 0 Å². The largest absolute Gasteiger partial charge is 0.318 e. The van der Waals surface area contributed by atoms with Crippen LogP contribution in [0.2, 0.25) is 10.0 Å². The summed E-state index contributed by atoms with van der Waals surface area (Å²) < 4.78 is 0. The zero-order valence-corrected chi connectivity index (χ0v) is 9.51. The summed E-state index contributed by atoms with van der Waals surface area (Å²) in [5, 5.41) is 9.61. The van der Waals surface area contributed by atoms with Gasteiger partial charge in [-0.3, -0.25) is 9.89 Å². The summed E-state index contributed by atoms with van der Waals surface area (Å²) in [6.45, 7) is 0. The van der Waals surface area contributed by atoms with Crippen molar-refractivity contribution in [1.29, 1.82) is 0 Å². The van der Waals surface area contributed by atoms with Crippen molar-refractivity contribution in [3.05, 3.63) is 46.2 Å². The van der Waals surface area contributed by atoms with Crippen molar-refractivity contribution in [2.75, 3.05) is 5.32 Å². The first kappa shape index (κ1) is 11.0. The van der Waals surface area contributed by atoms with E-state index in [2.05, 4.69) is 15.5 Å². The number of anilines is 1. The van der Waals surface area contributed by atoms with Crippen molar-refractivity contribution in [3.63, 3.8) is 0 Å². The van der Waals surface area contributed by atoms with E-state index in [-0.39, 0.29) is 5.91 Å². The number of aromatic amines is 1. The van der Waals surface area contributed by atoms with Gasteiger partial charge < -0.3 is 5.32 Å². The second-order valence-electron chi connectivity index (χ2n) is 3.02. The van der Waals surface area contributed by atoms with Crippen molar-refractivity contribution in [1.82, 2.24) is 10.2 Å². The molecule has 82 valence electrons. The van der Waals surface area contributed by atoms with Crippen molar-refractivity contribution in [3.8, 4) is 0 Å². The Morgan fingerprint density at radius 1 is 1.25 bits per heavy atom. The Morgan fingerprint density at radius 2 is 1.94 bits per heavy atom. The molecule has 0 saturated heterocycles. The van der Waals surface area contributed by atoms with E-state index in [0.717, 1.165) is 0 Å². The van der Waals surface area contributed by atoms with Gasteiger partial charge >= 0.3 is 0 Å². The number of amides is 1. The van der Waals surface area contributed by atoms with Crippen molar-refractivity contribution < 1.29 is 4.79 Å². The molecule has 2 aromatic rings. The third kappa shape index (κ3) is 2.18. The maximum absolute atomic E-state index is 11.7. The van der Waals surface area contributed by atoms with Crippen LogP contribution in [0.4, 0.5) is 5.69 Å². The highest BCUT2D eigenvalue weighted by atomic mass is 35.5. The first-order valence-corrected chi connectivity index (χ1v) is 5.19. The lowest BCUT2D eigenvalue weighted by molar-refractivity contribution is 0.102. The first-order valence-electron chi connectivity index (χ1n) is 4.43. The van der Waals surface area contributed by atoms with Crippen LogP contribution in [0.25, 0.3) is 0 Å². The maximum Gasteiger partial charge on any atom is 0.273 e. The van der Waals surface area contributed by atoms with Crippen LogP contribution in [-0.2, 0) is 0 Å². The number of nitrogens with zero attached hydrogens (tertiary/aromatic N) is 1. The summed E-state index contributed by atoms with van der Waals surface area (Å²) >= 11 is 11.8. The summed E-state index contributed by atoms with van der Waals surface area (Å²) in [5.74, 6) is -0.340. The molecular formula is C10H7Cl2N3O. The number of benzene rings is 1. The number of rotatable bonds is 2. The molecule has 16 heavy (non-hydrogen) atoms. The van der Waals surface area contributed by atoms with E-state index in [9.17, 15) is 4.79 Å². The van der Waals surface area contributed by atoms with E-state index in [0.29, 0.717) is 21.4 Å². The van der Waals surface area contributed by atoms with Crippen LogP contribution >= 0.6 is 23.2 Å². The molecule has 0 bridgehead atoms. The molecule has 1 heterocycles. The minimum Gasteiger partial charge on any atom is -0.318 e. The van der Waals surface area contributed by atoms with E-state index in [1.807, 2.05) is 0 Å². The lowest BCUT2D eigenvalue weighted by Gasteiger charge is -2.07. The van der Waals surface area contributed by atoms with Gasteiger partial charge in [0.2, 0.25) is 0 Å². The van der Waals surface area contributed by atoms with Crippen LogP contribution in [0.5, 0.6) is 0 Å². The maximum atomic E-state index is 11.7. The van der Waals surface area contributed by atoms with Gasteiger partial charge in [-0.15, -0.1) is 0 Å². The SMILES string of the molecule is O=C(Nc1c(Cl)cccc1Cl)c1ccn[nH]1. The Balaban J connectivity index is 2.25. The van der Waals surface area contributed by atoms with E-state index in [4.69, 9.17) is 23.2 Å². The number of hydrogen-bond acceptors (Lipinski definition) is 2. The fourth-order valence-corrected chi connectivity index (χ4v) is 1.67. The van der Waals surface area contributed by atoms with Gasteiger partial charge in [0.25, 0.3) is 5.91 Å². The average Bonchev–Trinajstić information content (AvgIpc) is 2.76. The molecule has 0 saturated carbocycles. The number of H-pyrrole nitrogens is 1. The van der Waals surface area contributed by atoms with Gasteiger partial charge in [-0.1, -0.05) is 29.3 Å². The Morgan fingerprint density at radius 3 is 2.50 bits per heavy atom. The molecule has 2 rings (SSSR count). The number of carbonyl (C=O) groups excluding carboxylic acids is 1. The smallest absolute Gasteiger partial charge is 0.273 e. The van der Waals surface area contributed by atoms with E-state index < -0.39 is 0 Å². The van der Waals surface area contributed by atoms with Crippen LogP contribution in [0.1, 0.15) is 10.5 Å². The first-order chi connectivity index (χ1) is 7.68. The molecule has 0 aliphatic heterocycles. The van der Waals surface area contributed by atoms with Crippen LogP contribution < -0.4 is 5.32 Å². The molecule has 1 aromatic carbocycles. The number of para-hydroxylation sites is 1. The molecule has 0 unspecified atom stereocenters. The van der Waals surface area contributed by atoms with Gasteiger partial charge in [-0.2, -0.15) is 5.10 Å². The van der Waals surface area contributed by atoms with E-state index in [1.165, 1.54) is 6.20 Å². The molecule has 1 amide bonds. The predicted octanol–water partition coefficient (Wildman–Crippen LogP) is 2.97. The molecular weight excluding hydrogens is 249 g/mol. The van der Waals surface area contributed by atoms with Gasteiger partial charge in [0.15, 0.2) is 0 Å². The number of nitrogens with one attached hydrogen (secondary N) is 2. The summed E-state index contributed by atoms with van der Waals surface area (Å²) in [5.41, 5.74) is 0.737. The molecule has 1 aromatic heterocycles. The highest BCUT2D eigenvalue weighted by Gasteiger charge is 2.11. The quantitative estimate of drug-likeness (QED) is 0.867. The standard InChI is InChI=1S/C10H7Cl2N3O/c11-6-2-1-3-7(12)9(6)14-10(16)8-4-5-13-15-8/h1-5H,(H,13,15)(H,14,16). The number of aromatic nitrogens is 2. The Kier molecular flexibility index (Phi) is 3.12. The lowest BCUT2D eigenvalue weighted by atomic mass is 10.3. The van der Waals surface area contributed by atoms with Crippen molar-refractivity contribution >= 4 is 34.8 Å². The van der Waals surface area contributed by atoms with Gasteiger partial charge in [-0.25, -0.2) is 0 Å². The second-order valence-corrected chi connectivity index (χ2v) is 3.84. The molecule has 0 atom stereocenters. The molecule has 2 N–H and O–H groups in total. The zero-order valence-electron chi connectivity index (χ0n) is 8.00. The Bertz CT molecular complexity index is 491. The average molecular weight is 256 g/mol. The minimum atomic E-state index is -0.340. The van der Waals surface area contributed by atoms with Crippen LogP contribution in [0, 0.1) is 0 Å². The lowest BCUT2D eigenvalue weighted by Crippen LogP contribution is -2.13. The highest BCUT2D eigenvalue weighted by molar-refractivity contribution is 6.39. The molecule has 0 aliphatic carbocycles. The molecule has 6 heteroatoms. The molecule has 0 spiro atoms. The van der Waals surface area contributed by atoms with Crippen molar-refractivity contribution in [2.45, 2.75) is 0 Å². The number of carbonyl (C=O) groups is 1. The van der Waals surface area contributed by atoms with Crippen molar-refractivity contribution in [2.24, 2.45) is 0 Å². The Hall–Kier alpha value is -1.52. The third-order valence-corrected chi connectivity index (χ3v) is 2.58. The van der Waals surface area contributed by atoms with Gasteiger partial charge in [0, 0.05) is 6.20 Å². The topological polar surface area (TPSA) is 57.8 Å².